The highest BCUT2D eigenvalue weighted by molar-refractivity contribution is 6.29. The lowest BCUT2D eigenvalue weighted by atomic mass is 9.95. The van der Waals surface area contributed by atoms with Crippen LogP contribution in [-0.2, 0) is 0 Å². The standard InChI is InChI=1S/C51H32N4/c1-3-14-33(15-4-1)36-16-13-17-37(32-36)51-53-44-24-11-8-21-40(44)49(54-51)34-26-28-35(29-27-34)50-42-30-31-46-48(47(42)39-20-7-10-23-43(39)52-50)41-22-9-12-25-45(41)55(46)38-18-5-2-6-19-38/h1-32H. The molecule has 0 bridgehead atoms. The topological polar surface area (TPSA) is 43.6 Å². The fourth-order valence-corrected chi connectivity index (χ4v) is 8.26. The Morgan fingerprint density at radius 2 is 0.891 bits per heavy atom. The third-order valence-electron chi connectivity index (χ3n) is 10.8. The van der Waals surface area contributed by atoms with E-state index in [-0.39, 0.29) is 0 Å². The Labute approximate surface area is 317 Å². The quantitative estimate of drug-likeness (QED) is 0.168. The molecular weight excluding hydrogens is 669 g/mol. The van der Waals surface area contributed by atoms with E-state index in [1.165, 1.54) is 32.8 Å². The van der Waals surface area contributed by atoms with Crippen LogP contribution in [0.25, 0.3) is 105 Å². The van der Waals surface area contributed by atoms with Crippen LogP contribution in [0.3, 0.4) is 0 Å². The zero-order valence-corrected chi connectivity index (χ0v) is 29.8. The fourth-order valence-electron chi connectivity index (χ4n) is 8.26. The van der Waals surface area contributed by atoms with Crippen molar-refractivity contribution in [3.63, 3.8) is 0 Å². The summed E-state index contributed by atoms with van der Waals surface area (Å²) in [6.45, 7) is 0. The van der Waals surface area contributed by atoms with E-state index in [0.717, 1.165) is 66.5 Å². The summed E-state index contributed by atoms with van der Waals surface area (Å²) < 4.78 is 2.38. The Bertz CT molecular complexity index is 3240. The molecule has 0 spiro atoms. The van der Waals surface area contributed by atoms with Crippen molar-refractivity contribution in [1.82, 2.24) is 19.5 Å². The number of pyridine rings is 1. The largest absolute Gasteiger partial charge is 0.309 e. The van der Waals surface area contributed by atoms with Crippen LogP contribution in [0, 0.1) is 0 Å². The molecule has 0 fully saturated rings. The monoisotopic (exact) mass is 700 g/mol. The summed E-state index contributed by atoms with van der Waals surface area (Å²) in [7, 11) is 0. The molecule has 256 valence electrons. The molecule has 0 saturated heterocycles. The molecule has 0 N–H and O–H groups in total. The highest BCUT2D eigenvalue weighted by Gasteiger charge is 2.20. The van der Waals surface area contributed by atoms with Crippen molar-refractivity contribution < 1.29 is 0 Å². The number of hydrogen-bond acceptors (Lipinski definition) is 3. The predicted octanol–water partition coefficient (Wildman–Crippen LogP) is 13.1. The highest BCUT2D eigenvalue weighted by Crippen LogP contribution is 2.42. The Balaban J connectivity index is 1.09. The molecule has 11 aromatic rings. The molecule has 0 aliphatic carbocycles. The SMILES string of the molecule is c1ccc(-c2cccc(-c3nc(-c4ccc(-c5nc6ccccc6c6c5ccc5c6c6ccccc6n5-c5ccccc5)cc4)c4ccccc4n3)c2)cc1. The van der Waals surface area contributed by atoms with E-state index >= 15 is 0 Å². The summed E-state index contributed by atoms with van der Waals surface area (Å²) in [6.07, 6.45) is 0. The van der Waals surface area contributed by atoms with E-state index in [0.29, 0.717) is 5.82 Å². The van der Waals surface area contributed by atoms with Gasteiger partial charge in [-0.25, -0.2) is 15.0 Å². The van der Waals surface area contributed by atoms with Crippen molar-refractivity contribution in [2.75, 3.05) is 0 Å². The van der Waals surface area contributed by atoms with Gasteiger partial charge in [-0.2, -0.15) is 0 Å². The van der Waals surface area contributed by atoms with Crippen LogP contribution in [0.15, 0.2) is 194 Å². The summed E-state index contributed by atoms with van der Waals surface area (Å²) in [5.41, 5.74) is 12.6. The van der Waals surface area contributed by atoms with Crippen LogP contribution in [0.2, 0.25) is 0 Å². The molecule has 4 heteroatoms. The molecule has 8 aromatic carbocycles. The first-order chi connectivity index (χ1) is 27.3. The van der Waals surface area contributed by atoms with E-state index in [4.69, 9.17) is 15.0 Å². The van der Waals surface area contributed by atoms with Crippen molar-refractivity contribution >= 4 is 54.4 Å². The molecule has 3 heterocycles. The molecule has 55 heavy (non-hydrogen) atoms. The average Bonchev–Trinajstić information content (AvgIpc) is 3.61. The summed E-state index contributed by atoms with van der Waals surface area (Å²) in [5, 5.41) is 6.98. The normalized spacial score (nSPS) is 11.6. The Hall–Kier alpha value is -7.43. The summed E-state index contributed by atoms with van der Waals surface area (Å²) in [5.74, 6) is 0.705. The lowest BCUT2D eigenvalue weighted by Gasteiger charge is -2.14. The lowest BCUT2D eigenvalue weighted by molar-refractivity contribution is 1.18. The predicted molar refractivity (Wildman–Crippen MR) is 228 cm³/mol. The van der Waals surface area contributed by atoms with Gasteiger partial charge in [0.25, 0.3) is 0 Å². The first-order valence-corrected chi connectivity index (χ1v) is 18.6. The maximum absolute atomic E-state index is 5.33. The second-order valence-electron chi connectivity index (χ2n) is 14.0. The Morgan fingerprint density at radius 3 is 1.65 bits per heavy atom. The van der Waals surface area contributed by atoms with Gasteiger partial charge in [-0.15, -0.1) is 0 Å². The molecule has 0 unspecified atom stereocenters. The molecule has 0 saturated carbocycles. The van der Waals surface area contributed by atoms with E-state index in [1.807, 2.05) is 12.1 Å². The highest BCUT2D eigenvalue weighted by atomic mass is 15.0. The molecule has 0 aliphatic heterocycles. The first kappa shape index (κ1) is 31.1. The van der Waals surface area contributed by atoms with Crippen LogP contribution in [0.5, 0.6) is 0 Å². The molecule has 0 amide bonds. The summed E-state index contributed by atoms with van der Waals surface area (Å²) in [4.78, 5) is 15.6. The summed E-state index contributed by atoms with van der Waals surface area (Å²) >= 11 is 0. The van der Waals surface area contributed by atoms with Crippen molar-refractivity contribution in [1.29, 1.82) is 0 Å². The molecule has 3 aromatic heterocycles. The van der Waals surface area contributed by atoms with E-state index in [2.05, 4.69) is 187 Å². The number of aromatic nitrogens is 4. The maximum atomic E-state index is 5.33. The van der Waals surface area contributed by atoms with Gasteiger partial charge in [-0.3, -0.25) is 0 Å². The number of fused-ring (bicyclic) bond motifs is 8. The molecule has 11 rings (SSSR count). The van der Waals surface area contributed by atoms with E-state index in [9.17, 15) is 0 Å². The minimum Gasteiger partial charge on any atom is -0.309 e. The van der Waals surface area contributed by atoms with Crippen molar-refractivity contribution in [3.8, 4) is 50.7 Å². The molecular formula is C51H32N4. The van der Waals surface area contributed by atoms with Gasteiger partial charge in [-0.1, -0.05) is 152 Å². The van der Waals surface area contributed by atoms with Gasteiger partial charge in [0, 0.05) is 54.7 Å². The third-order valence-corrected chi connectivity index (χ3v) is 10.8. The van der Waals surface area contributed by atoms with Gasteiger partial charge in [0.05, 0.1) is 33.5 Å². The minimum atomic E-state index is 0.705. The fraction of sp³-hybridized carbons (Fsp3) is 0. The number of para-hydroxylation sites is 4. The number of benzene rings is 8. The second-order valence-corrected chi connectivity index (χ2v) is 14.0. The van der Waals surface area contributed by atoms with Crippen LogP contribution in [-0.4, -0.2) is 19.5 Å². The zero-order chi connectivity index (χ0) is 36.3. The van der Waals surface area contributed by atoms with Gasteiger partial charge in [0.2, 0.25) is 0 Å². The molecule has 0 atom stereocenters. The Morgan fingerprint density at radius 1 is 0.309 bits per heavy atom. The van der Waals surface area contributed by atoms with E-state index < -0.39 is 0 Å². The van der Waals surface area contributed by atoms with Gasteiger partial charge in [0.1, 0.15) is 0 Å². The van der Waals surface area contributed by atoms with Gasteiger partial charge in [0.15, 0.2) is 5.82 Å². The van der Waals surface area contributed by atoms with Gasteiger partial charge >= 0.3 is 0 Å². The number of nitrogens with zero attached hydrogens (tertiary/aromatic N) is 4. The van der Waals surface area contributed by atoms with Crippen molar-refractivity contribution in [3.05, 3.63) is 194 Å². The number of hydrogen-bond donors (Lipinski definition) is 0. The smallest absolute Gasteiger partial charge is 0.160 e. The average molecular weight is 701 g/mol. The van der Waals surface area contributed by atoms with E-state index in [1.54, 1.807) is 0 Å². The van der Waals surface area contributed by atoms with Gasteiger partial charge < -0.3 is 4.57 Å². The maximum Gasteiger partial charge on any atom is 0.160 e. The first-order valence-electron chi connectivity index (χ1n) is 18.6. The van der Waals surface area contributed by atoms with Crippen LogP contribution in [0.1, 0.15) is 0 Å². The third kappa shape index (κ3) is 5.11. The molecule has 0 aliphatic rings. The van der Waals surface area contributed by atoms with Crippen LogP contribution < -0.4 is 0 Å². The molecule has 4 nitrogen and oxygen atoms in total. The summed E-state index contributed by atoms with van der Waals surface area (Å²) in [6, 6.07) is 68.4. The van der Waals surface area contributed by atoms with Crippen LogP contribution >= 0.6 is 0 Å². The molecule has 0 radical (unpaired) electrons. The number of rotatable bonds is 5. The van der Waals surface area contributed by atoms with Crippen molar-refractivity contribution in [2.45, 2.75) is 0 Å². The second kappa shape index (κ2) is 12.6. The Kier molecular flexibility index (Phi) is 7.14. The van der Waals surface area contributed by atoms with Crippen molar-refractivity contribution in [2.24, 2.45) is 0 Å². The van der Waals surface area contributed by atoms with Gasteiger partial charge in [-0.05, 0) is 53.6 Å². The lowest BCUT2D eigenvalue weighted by Crippen LogP contribution is -1.96. The minimum absolute atomic E-state index is 0.705. The van der Waals surface area contributed by atoms with Crippen LogP contribution in [0.4, 0.5) is 0 Å². The zero-order valence-electron chi connectivity index (χ0n) is 29.8.